The number of nitro groups is 1. The third-order valence-corrected chi connectivity index (χ3v) is 4.77. The Labute approximate surface area is 154 Å². The van der Waals surface area contributed by atoms with Crippen LogP contribution in [0.25, 0.3) is 0 Å². The molecule has 0 saturated carbocycles. The lowest BCUT2D eigenvalue weighted by molar-refractivity contribution is -0.385. The van der Waals surface area contributed by atoms with E-state index in [0.29, 0.717) is 4.88 Å². The van der Waals surface area contributed by atoms with E-state index in [9.17, 15) is 19.7 Å². The van der Waals surface area contributed by atoms with E-state index in [1.807, 2.05) is 0 Å². The molecule has 8 nitrogen and oxygen atoms in total. The molecule has 1 heterocycles. The van der Waals surface area contributed by atoms with Crippen molar-refractivity contribution < 1.29 is 28.7 Å². The summed E-state index contributed by atoms with van der Waals surface area (Å²) in [7, 11) is 2.65. The summed E-state index contributed by atoms with van der Waals surface area (Å²) in [6, 6.07) is 5.49. The van der Waals surface area contributed by atoms with Crippen LogP contribution in [0.5, 0.6) is 11.5 Å². The minimum Gasteiger partial charge on any atom is -0.493 e. The monoisotopic (exact) mass is 429 g/mol. The van der Waals surface area contributed by atoms with Gasteiger partial charge in [0, 0.05) is 6.07 Å². The molecule has 0 amide bonds. The lowest BCUT2D eigenvalue weighted by Gasteiger charge is -2.10. The Balaban J connectivity index is 2.22. The van der Waals surface area contributed by atoms with E-state index in [1.54, 1.807) is 12.1 Å². The number of esters is 1. The van der Waals surface area contributed by atoms with E-state index in [0.717, 1.165) is 15.9 Å². The molecular formula is C15H12BrNO7S. The molecule has 2 rings (SSSR count). The number of nitrogens with zero attached hydrogens (tertiary/aromatic N) is 1. The van der Waals surface area contributed by atoms with Gasteiger partial charge in [-0.05, 0) is 28.1 Å². The van der Waals surface area contributed by atoms with Crippen LogP contribution in [0.15, 0.2) is 28.1 Å². The molecule has 0 saturated heterocycles. The Bertz CT molecular complexity index is 833. The number of carbonyl (C=O) groups excluding carboxylic acids is 2. The number of hydrogen-bond acceptors (Lipinski definition) is 8. The van der Waals surface area contributed by atoms with E-state index >= 15 is 0 Å². The molecule has 0 radical (unpaired) electrons. The second kappa shape index (κ2) is 8.08. The fourth-order valence-electron chi connectivity index (χ4n) is 1.93. The van der Waals surface area contributed by atoms with Gasteiger partial charge in [-0.15, -0.1) is 11.3 Å². The summed E-state index contributed by atoms with van der Waals surface area (Å²) < 4.78 is 15.7. The van der Waals surface area contributed by atoms with Crippen molar-refractivity contribution in [3.63, 3.8) is 0 Å². The Hall–Kier alpha value is -2.46. The molecule has 10 heteroatoms. The second-order valence-corrected chi connectivity index (χ2v) is 7.05. The van der Waals surface area contributed by atoms with Gasteiger partial charge in [-0.2, -0.15) is 0 Å². The van der Waals surface area contributed by atoms with Crippen molar-refractivity contribution in [2.45, 2.75) is 0 Å². The Morgan fingerprint density at radius 2 is 1.84 bits per heavy atom. The van der Waals surface area contributed by atoms with Gasteiger partial charge >= 0.3 is 5.97 Å². The predicted molar refractivity (Wildman–Crippen MR) is 92.8 cm³/mol. The number of thiophene rings is 1. The first-order chi connectivity index (χ1) is 11.9. The fraction of sp³-hybridized carbons (Fsp3) is 0.200. The number of Topliss-reactive ketones (excluding diaryl/α,β-unsaturated/α-hetero) is 1. The minimum absolute atomic E-state index is 0.102. The van der Waals surface area contributed by atoms with Gasteiger partial charge in [0.05, 0.1) is 33.9 Å². The maximum atomic E-state index is 12.2. The average Bonchev–Trinajstić information content (AvgIpc) is 3.04. The van der Waals surface area contributed by atoms with Crippen LogP contribution in [0.3, 0.4) is 0 Å². The molecule has 0 fully saturated rings. The second-order valence-electron chi connectivity index (χ2n) is 4.58. The van der Waals surface area contributed by atoms with Gasteiger partial charge in [0.15, 0.2) is 18.1 Å². The van der Waals surface area contributed by atoms with Crippen molar-refractivity contribution in [3.05, 3.63) is 48.6 Å². The number of ketones is 1. The van der Waals surface area contributed by atoms with Gasteiger partial charge in [-0.3, -0.25) is 14.9 Å². The van der Waals surface area contributed by atoms with Crippen molar-refractivity contribution >= 4 is 44.7 Å². The standard InChI is InChI=1S/C15H12BrNO7S/c1-22-11-5-8(9(17(20)21)6-12(11)23-2)15(19)24-7-10(18)13-3-4-14(16)25-13/h3-6H,7H2,1-2H3. The van der Waals surface area contributed by atoms with Crippen LogP contribution in [0, 0.1) is 10.1 Å². The van der Waals surface area contributed by atoms with E-state index < -0.39 is 29.0 Å². The predicted octanol–water partition coefficient (Wildman–Crippen LogP) is 3.48. The highest BCUT2D eigenvalue weighted by atomic mass is 79.9. The molecular weight excluding hydrogens is 418 g/mol. The Morgan fingerprint density at radius 3 is 2.36 bits per heavy atom. The number of methoxy groups -OCH3 is 2. The van der Waals surface area contributed by atoms with Crippen LogP contribution in [-0.4, -0.2) is 37.5 Å². The summed E-state index contributed by atoms with van der Waals surface area (Å²) >= 11 is 4.42. The van der Waals surface area contributed by atoms with Gasteiger partial charge in [-0.1, -0.05) is 0 Å². The summed E-state index contributed by atoms with van der Waals surface area (Å²) in [6.07, 6.45) is 0. The largest absolute Gasteiger partial charge is 0.493 e. The van der Waals surface area contributed by atoms with Crippen LogP contribution in [0.1, 0.15) is 20.0 Å². The Morgan fingerprint density at radius 1 is 1.20 bits per heavy atom. The van der Waals surface area contributed by atoms with Crippen LogP contribution in [-0.2, 0) is 4.74 Å². The molecule has 0 spiro atoms. The smallest absolute Gasteiger partial charge is 0.345 e. The molecule has 132 valence electrons. The normalized spacial score (nSPS) is 10.2. The minimum atomic E-state index is -1.00. The highest BCUT2D eigenvalue weighted by Crippen LogP contribution is 2.34. The average molecular weight is 430 g/mol. The zero-order valence-electron chi connectivity index (χ0n) is 13.1. The fourth-order valence-corrected chi connectivity index (χ4v) is 3.24. The van der Waals surface area contributed by atoms with E-state index in [-0.39, 0.29) is 17.1 Å². The maximum absolute atomic E-state index is 12.2. The summed E-state index contributed by atoms with van der Waals surface area (Å²) in [5.74, 6) is -1.18. The van der Waals surface area contributed by atoms with E-state index in [2.05, 4.69) is 15.9 Å². The van der Waals surface area contributed by atoms with Gasteiger partial charge in [0.25, 0.3) is 5.69 Å². The molecule has 2 aromatic rings. The molecule has 1 aromatic heterocycles. The third kappa shape index (κ3) is 4.34. The van der Waals surface area contributed by atoms with Crippen molar-refractivity contribution in [2.24, 2.45) is 0 Å². The molecule has 0 bridgehead atoms. The highest BCUT2D eigenvalue weighted by molar-refractivity contribution is 9.11. The molecule has 25 heavy (non-hydrogen) atoms. The number of carbonyl (C=O) groups is 2. The van der Waals surface area contributed by atoms with E-state index in [4.69, 9.17) is 14.2 Å². The third-order valence-electron chi connectivity index (χ3n) is 3.10. The number of benzene rings is 1. The highest BCUT2D eigenvalue weighted by Gasteiger charge is 2.26. The molecule has 0 aliphatic heterocycles. The first kappa shape index (κ1) is 18.9. The van der Waals surface area contributed by atoms with Gasteiger partial charge in [0.2, 0.25) is 5.78 Å². The number of ether oxygens (including phenoxy) is 3. The molecule has 0 N–H and O–H groups in total. The summed E-state index contributed by atoms with van der Waals surface area (Å²) in [4.78, 5) is 35.0. The van der Waals surface area contributed by atoms with Crippen molar-refractivity contribution in [2.75, 3.05) is 20.8 Å². The number of rotatable bonds is 7. The van der Waals surface area contributed by atoms with Crippen molar-refractivity contribution in [1.82, 2.24) is 0 Å². The van der Waals surface area contributed by atoms with Gasteiger partial charge in [0.1, 0.15) is 5.56 Å². The number of nitro benzene ring substituents is 1. The number of hydrogen-bond donors (Lipinski definition) is 0. The zero-order valence-corrected chi connectivity index (χ0v) is 15.5. The number of halogens is 1. The van der Waals surface area contributed by atoms with E-state index in [1.165, 1.54) is 25.6 Å². The molecule has 0 unspecified atom stereocenters. The molecule has 1 aromatic carbocycles. The summed E-state index contributed by atoms with van der Waals surface area (Å²) in [6.45, 7) is -0.530. The lowest BCUT2D eigenvalue weighted by Crippen LogP contribution is -2.15. The van der Waals surface area contributed by atoms with Crippen LogP contribution in [0.2, 0.25) is 0 Å². The molecule has 0 atom stereocenters. The molecule has 0 aliphatic carbocycles. The van der Waals surface area contributed by atoms with Gasteiger partial charge < -0.3 is 14.2 Å². The lowest BCUT2D eigenvalue weighted by atomic mass is 10.1. The first-order valence-corrected chi connectivity index (χ1v) is 8.34. The van der Waals surface area contributed by atoms with Crippen molar-refractivity contribution in [1.29, 1.82) is 0 Å². The summed E-state index contributed by atoms with van der Waals surface area (Å²) in [5, 5.41) is 11.2. The quantitative estimate of drug-likeness (QED) is 0.287. The topological polar surface area (TPSA) is 105 Å². The van der Waals surface area contributed by atoms with Crippen molar-refractivity contribution in [3.8, 4) is 11.5 Å². The first-order valence-electron chi connectivity index (χ1n) is 6.73. The molecule has 0 aliphatic rings. The summed E-state index contributed by atoms with van der Waals surface area (Å²) in [5.41, 5.74) is -0.836. The van der Waals surface area contributed by atoms with Crippen LogP contribution >= 0.6 is 27.3 Å². The Kier molecular flexibility index (Phi) is 6.10. The van der Waals surface area contributed by atoms with Crippen LogP contribution < -0.4 is 9.47 Å². The van der Waals surface area contributed by atoms with Crippen LogP contribution in [0.4, 0.5) is 5.69 Å². The SMILES string of the molecule is COc1cc(C(=O)OCC(=O)c2ccc(Br)s2)c([N+](=O)[O-])cc1OC. The maximum Gasteiger partial charge on any atom is 0.345 e. The van der Waals surface area contributed by atoms with Gasteiger partial charge in [-0.25, -0.2) is 4.79 Å². The zero-order chi connectivity index (χ0) is 18.6.